The minimum atomic E-state index is -4.23. The number of benzene rings is 3. The summed E-state index contributed by atoms with van der Waals surface area (Å²) in [7, 11) is -12.4. The fourth-order valence-electron chi connectivity index (χ4n) is 2.94. The standard InChI is InChI=1S/C23H24O9S3/c24-33(25,21-12-4-1-5-13-21)30-18-10-11-20(32-35(28,29)23-16-8-3-9-17-23)19-31-34(26,27)22-14-6-2-7-15-22/h1-9,12-17,20H,10-11,18-19H2. The largest absolute Gasteiger partial charge is 0.297 e. The van der Waals surface area contributed by atoms with Crippen LogP contribution in [0.4, 0.5) is 0 Å². The van der Waals surface area contributed by atoms with Gasteiger partial charge in [-0.05, 0) is 49.2 Å². The molecule has 0 saturated heterocycles. The molecule has 0 N–H and O–H groups in total. The van der Waals surface area contributed by atoms with Crippen molar-refractivity contribution in [2.24, 2.45) is 0 Å². The molecule has 1 atom stereocenters. The molecule has 0 fully saturated rings. The molecule has 0 heterocycles. The van der Waals surface area contributed by atoms with Crippen LogP contribution in [0.2, 0.25) is 0 Å². The number of rotatable bonds is 13. The maximum absolute atomic E-state index is 12.7. The Balaban J connectivity index is 1.67. The topological polar surface area (TPSA) is 130 Å². The van der Waals surface area contributed by atoms with Crippen molar-refractivity contribution in [1.82, 2.24) is 0 Å². The molecule has 0 aliphatic heterocycles. The molecule has 9 nitrogen and oxygen atoms in total. The number of hydrogen-bond acceptors (Lipinski definition) is 9. The first-order chi connectivity index (χ1) is 16.6. The lowest BCUT2D eigenvalue weighted by Crippen LogP contribution is -2.26. The summed E-state index contributed by atoms with van der Waals surface area (Å²) in [4.78, 5) is -0.225. The van der Waals surface area contributed by atoms with E-state index in [1.165, 1.54) is 60.7 Å². The molecule has 3 aromatic rings. The van der Waals surface area contributed by atoms with Crippen molar-refractivity contribution in [3.05, 3.63) is 91.0 Å². The van der Waals surface area contributed by atoms with Crippen molar-refractivity contribution in [2.45, 2.75) is 33.6 Å². The zero-order valence-electron chi connectivity index (χ0n) is 18.5. The monoisotopic (exact) mass is 540 g/mol. The Labute approximate surface area is 205 Å². The van der Waals surface area contributed by atoms with Gasteiger partial charge in [0, 0.05) is 0 Å². The summed E-state index contributed by atoms with van der Waals surface area (Å²) < 4.78 is 90.0. The highest BCUT2D eigenvalue weighted by atomic mass is 32.2. The van der Waals surface area contributed by atoms with E-state index < -0.39 is 43.1 Å². The lowest BCUT2D eigenvalue weighted by atomic mass is 10.2. The van der Waals surface area contributed by atoms with Gasteiger partial charge in [-0.25, -0.2) is 0 Å². The van der Waals surface area contributed by atoms with Gasteiger partial charge in [0.05, 0.1) is 27.9 Å². The minimum absolute atomic E-state index is 0.0169. The summed E-state index contributed by atoms with van der Waals surface area (Å²) in [6.45, 7) is -0.872. The average molecular weight is 541 g/mol. The molecule has 0 aliphatic carbocycles. The maximum Gasteiger partial charge on any atom is 0.297 e. The maximum atomic E-state index is 12.7. The Hall–Kier alpha value is -2.61. The zero-order valence-corrected chi connectivity index (χ0v) is 20.9. The van der Waals surface area contributed by atoms with Crippen molar-refractivity contribution in [1.29, 1.82) is 0 Å². The van der Waals surface area contributed by atoms with E-state index in [4.69, 9.17) is 12.5 Å². The van der Waals surface area contributed by atoms with Crippen molar-refractivity contribution >= 4 is 30.4 Å². The van der Waals surface area contributed by atoms with E-state index in [1.807, 2.05) is 0 Å². The Morgan fingerprint density at radius 2 is 0.943 bits per heavy atom. The van der Waals surface area contributed by atoms with E-state index >= 15 is 0 Å². The van der Waals surface area contributed by atoms with Crippen molar-refractivity contribution < 1.29 is 37.8 Å². The van der Waals surface area contributed by atoms with Crippen LogP contribution < -0.4 is 0 Å². The highest BCUT2D eigenvalue weighted by Gasteiger charge is 2.25. The SMILES string of the molecule is O=S(=O)(OCCCC(COS(=O)(=O)c1ccccc1)OS(=O)(=O)c1ccccc1)c1ccccc1. The normalized spacial score (nSPS) is 13.4. The van der Waals surface area contributed by atoms with Crippen molar-refractivity contribution in [2.75, 3.05) is 13.2 Å². The van der Waals surface area contributed by atoms with Crippen LogP contribution >= 0.6 is 0 Å². The Kier molecular flexibility index (Phi) is 9.16. The summed E-state index contributed by atoms with van der Waals surface area (Å²) in [5.41, 5.74) is 0. The first kappa shape index (κ1) is 27.0. The smallest absolute Gasteiger partial charge is 0.266 e. The second-order valence-corrected chi connectivity index (χ2v) is 12.1. The van der Waals surface area contributed by atoms with Crippen molar-refractivity contribution in [3.63, 3.8) is 0 Å². The molecule has 1 unspecified atom stereocenters. The van der Waals surface area contributed by atoms with Crippen LogP contribution in [0.1, 0.15) is 12.8 Å². The van der Waals surface area contributed by atoms with Gasteiger partial charge < -0.3 is 0 Å². The Morgan fingerprint density at radius 1 is 0.543 bits per heavy atom. The van der Waals surface area contributed by atoms with Gasteiger partial charge in [-0.15, -0.1) is 0 Å². The molecule has 3 aromatic carbocycles. The van der Waals surface area contributed by atoms with E-state index in [1.54, 1.807) is 30.3 Å². The van der Waals surface area contributed by atoms with Gasteiger partial charge in [-0.2, -0.15) is 25.3 Å². The van der Waals surface area contributed by atoms with Gasteiger partial charge >= 0.3 is 0 Å². The predicted molar refractivity (Wildman–Crippen MR) is 127 cm³/mol. The summed E-state index contributed by atoms with van der Waals surface area (Å²) in [6.07, 6.45) is -1.22. The molecule has 12 heteroatoms. The average Bonchev–Trinajstić information content (AvgIpc) is 2.86. The molecule has 0 aliphatic rings. The number of hydrogen-bond donors (Lipinski definition) is 0. The molecule has 0 saturated carbocycles. The van der Waals surface area contributed by atoms with Crippen LogP contribution in [0.5, 0.6) is 0 Å². The first-order valence-corrected chi connectivity index (χ1v) is 14.7. The van der Waals surface area contributed by atoms with E-state index in [0.717, 1.165) is 0 Å². The van der Waals surface area contributed by atoms with Crippen LogP contribution in [-0.4, -0.2) is 44.6 Å². The zero-order chi connectivity index (χ0) is 25.4. The minimum Gasteiger partial charge on any atom is -0.266 e. The summed E-state index contributed by atoms with van der Waals surface area (Å²) in [5, 5.41) is 0. The molecule has 0 amide bonds. The van der Waals surface area contributed by atoms with E-state index in [9.17, 15) is 25.3 Å². The third kappa shape index (κ3) is 7.95. The van der Waals surface area contributed by atoms with Gasteiger partial charge in [0.15, 0.2) is 0 Å². The molecule has 0 bridgehead atoms. The molecule has 0 radical (unpaired) electrons. The highest BCUT2D eigenvalue weighted by Crippen LogP contribution is 2.19. The molecule has 0 aromatic heterocycles. The third-order valence-corrected chi connectivity index (χ3v) is 8.67. The van der Waals surface area contributed by atoms with Crippen LogP contribution in [0, 0.1) is 0 Å². The summed E-state index contributed by atoms with van der Waals surface area (Å²) >= 11 is 0. The van der Waals surface area contributed by atoms with Gasteiger partial charge in [0.1, 0.15) is 6.10 Å². The summed E-state index contributed by atoms with van der Waals surface area (Å²) in [5.74, 6) is 0. The van der Waals surface area contributed by atoms with E-state index in [0.29, 0.717) is 0 Å². The van der Waals surface area contributed by atoms with Crippen LogP contribution in [0.25, 0.3) is 0 Å². The predicted octanol–water partition coefficient (Wildman–Crippen LogP) is 3.35. The quantitative estimate of drug-likeness (QED) is 0.237. The van der Waals surface area contributed by atoms with Gasteiger partial charge in [-0.3, -0.25) is 12.5 Å². The van der Waals surface area contributed by atoms with Crippen LogP contribution in [0.3, 0.4) is 0 Å². The molecule has 35 heavy (non-hydrogen) atoms. The first-order valence-electron chi connectivity index (χ1n) is 10.5. The molecule has 0 spiro atoms. The Bertz CT molecular complexity index is 1390. The second kappa shape index (κ2) is 11.9. The van der Waals surface area contributed by atoms with Crippen molar-refractivity contribution in [3.8, 4) is 0 Å². The lowest BCUT2D eigenvalue weighted by Gasteiger charge is -2.18. The molecular weight excluding hydrogens is 516 g/mol. The van der Waals surface area contributed by atoms with E-state index in [2.05, 4.69) is 0 Å². The van der Waals surface area contributed by atoms with Crippen LogP contribution in [0.15, 0.2) is 106 Å². The fraction of sp³-hybridized carbons (Fsp3) is 0.217. The van der Waals surface area contributed by atoms with Crippen LogP contribution in [-0.2, 0) is 42.9 Å². The van der Waals surface area contributed by atoms with Gasteiger partial charge in [0.2, 0.25) is 0 Å². The third-order valence-electron chi connectivity index (χ3n) is 4.68. The Morgan fingerprint density at radius 3 is 1.40 bits per heavy atom. The fourth-order valence-corrected chi connectivity index (χ4v) is 5.97. The highest BCUT2D eigenvalue weighted by molar-refractivity contribution is 7.87. The molecule has 3 rings (SSSR count). The molecular formula is C23H24O9S3. The molecule has 188 valence electrons. The second-order valence-electron chi connectivity index (χ2n) is 7.27. The van der Waals surface area contributed by atoms with E-state index in [-0.39, 0.29) is 34.1 Å². The van der Waals surface area contributed by atoms with Gasteiger partial charge in [-0.1, -0.05) is 54.6 Å². The van der Waals surface area contributed by atoms with Gasteiger partial charge in [0.25, 0.3) is 30.4 Å². The summed E-state index contributed by atoms with van der Waals surface area (Å²) in [6, 6.07) is 22.3. The lowest BCUT2D eigenvalue weighted by molar-refractivity contribution is 0.123.